The number of nitrogens with one attached hydrogen (secondary N) is 1. The number of rotatable bonds is 6. The molecule has 0 spiro atoms. The van der Waals surface area contributed by atoms with E-state index in [4.69, 9.17) is 9.47 Å². The molecule has 1 amide bonds. The molecule has 0 saturated carbocycles. The summed E-state index contributed by atoms with van der Waals surface area (Å²) in [5, 5.41) is 4.93. The zero-order valence-corrected chi connectivity index (χ0v) is 20.5. The van der Waals surface area contributed by atoms with E-state index in [2.05, 4.69) is 5.32 Å². The highest BCUT2D eigenvalue weighted by Crippen LogP contribution is 2.32. The van der Waals surface area contributed by atoms with E-state index in [-0.39, 0.29) is 18.5 Å². The second-order valence-electron chi connectivity index (χ2n) is 8.88. The van der Waals surface area contributed by atoms with Crippen LogP contribution in [0.2, 0.25) is 0 Å². The summed E-state index contributed by atoms with van der Waals surface area (Å²) in [5.41, 5.74) is 0.939. The van der Waals surface area contributed by atoms with Gasteiger partial charge in [0.25, 0.3) is 0 Å². The maximum absolute atomic E-state index is 13.2. The highest BCUT2D eigenvalue weighted by atomic mass is 32.2. The van der Waals surface area contributed by atoms with E-state index >= 15 is 0 Å². The van der Waals surface area contributed by atoms with Crippen molar-refractivity contribution in [2.75, 3.05) is 45.9 Å². The summed E-state index contributed by atoms with van der Waals surface area (Å²) in [4.78, 5) is 15.0. The van der Waals surface area contributed by atoms with Gasteiger partial charge in [0.1, 0.15) is 13.2 Å². The molecule has 0 radical (unpaired) electrons. The Hall–Kier alpha value is -3.14. The predicted octanol–water partition coefficient (Wildman–Crippen LogP) is 2.79. The molecule has 0 aliphatic carbocycles. The van der Waals surface area contributed by atoms with Crippen LogP contribution < -0.4 is 14.8 Å². The number of nitrogens with zero attached hydrogens (tertiary/aromatic N) is 2. The van der Waals surface area contributed by atoms with Crippen molar-refractivity contribution in [2.24, 2.45) is 0 Å². The molecule has 5 rings (SSSR count). The number of carbonyl (C=O) groups is 1. The number of hydrogen-bond donors (Lipinski definition) is 1. The van der Waals surface area contributed by atoms with Crippen LogP contribution in [0.5, 0.6) is 11.5 Å². The van der Waals surface area contributed by atoms with Gasteiger partial charge in [0.15, 0.2) is 11.5 Å². The van der Waals surface area contributed by atoms with E-state index in [1.807, 2.05) is 60.4 Å². The lowest BCUT2D eigenvalue weighted by atomic mass is 10.1. The SMILES string of the molecule is C[C@H](NC(=O)CN1CCN(S(=O)(=O)c2ccc3ccccc3c2)CC1)c1ccc2c(c1)OCCO2. The van der Waals surface area contributed by atoms with Crippen LogP contribution in [0.4, 0.5) is 0 Å². The molecule has 1 N–H and O–H groups in total. The minimum Gasteiger partial charge on any atom is -0.486 e. The molecule has 2 aliphatic rings. The van der Waals surface area contributed by atoms with Crippen LogP contribution in [0, 0.1) is 0 Å². The van der Waals surface area contributed by atoms with E-state index in [1.165, 1.54) is 4.31 Å². The van der Waals surface area contributed by atoms with Crippen LogP contribution in [0.1, 0.15) is 18.5 Å². The van der Waals surface area contributed by atoms with Crippen LogP contribution >= 0.6 is 0 Å². The Morgan fingerprint density at radius 1 is 0.914 bits per heavy atom. The lowest BCUT2D eigenvalue weighted by Gasteiger charge is -2.33. The fourth-order valence-corrected chi connectivity index (χ4v) is 5.97. The Kier molecular flexibility index (Phi) is 6.64. The summed E-state index contributed by atoms with van der Waals surface area (Å²) >= 11 is 0. The Bertz CT molecular complexity index is 1340. The molecule has 0 aromatic heterocycles. The molecule has 9 heteroatoms. The quantitative estimate of drug-likeness (QED) is 0.566. The summed E-state index contributed by atoms with van der Waals surface area (Å²) in [5.74, 6) is 1.31. The van der Waals surface area contributed by atoms with Crippen molar-refractivity contribution in [3.05, 3.63) is 66.2 Å². The molecule has 0 bridgehead atoms. The van der Waals surface area contributed by atoms with Gasteiger partial charge >= 0.3 is 0 Å². The van der Waals surface area contributed by atoms with Gasteiger partial charge in [-0.2, -0.15) is 4.31 Å². The number of sulfonamides is 1. The first-order valence-corrected chi connectivity index (χ1v) is 13.2. The van der Waals surface area contributed by atoms with E-state index < -0.39 is 10.0 Å². The average Bonchev–Trinajstić information content (AvgIpc) is 2.88. The van der Waals surface area contributed by atoms with Crippen molar-refractivity contribution >= 4 is 26.7 Å². The molecule has 35 heavy (non-hydrogen) atoms. The minimum atomic E-state index is -3.58. The summed E-state index contributed by atoms with van der Waals surface area (Å²) in [7, 11) is -3.58. The molecule has 1 saturated heterocycles. The molecule has 2 aliphatic heterocycles. The van der Waals surface area contributed by atoms with Crippen LogP contribution in [0.3, 0.4) is 0 Å². The first-order valence-electron chi connectivity index (χ1n) is 11.8. The molecule has 3 aromatic rings. The van der Waals surface area contributed by atoms with Gasteiger partial charge in [-0.1, -0.05) is 36.4 Å². The third kappa shape index (κ3) is 5.12. The van der Waals surface area contributed by atoms with Crippen molar-refractivity contribution in [1.82, 2.24) is 14.5 Å². The standard InChI is InChI=1S/C26H29N3O5S/c1-19(21-7-9-24-25(17-21)34-15-14-33-24)27-26(30)18-28-10-12-29(13-11-28)35(31,32)23-8-6-20-4-2-3-5-22(20)16-23/h2-9,16-17,19H,10-15,18H2,1H3,(H,27,30)/t19-/m0/s1. The largest absolute Gasteiger partial charge is 0.486 e. The maximum atomic E-state index is 13.2. The van der Waals surface area contributed by atoms with Crippen LogP contribution in [-0.2, 0) is 14.8 Å². The number of piperazine rings is 1. The Morgan fingerprint density at radius 2 is 1.63 bits per heavy atom. The summed E-state index contributed by atoms with van der Waals surface area (Å²) in [6.45, 7) is 4.89. The van der Waals surface area contributed by atoms with Gasteiger partial charge in [0.05, 0.1) is 17.5 Å². The van der Waals surface area contributed by atoms with Gasteiger partial charge in [-0.25, -0.2) is 8.42 Å². The van der Waals surface area contributed by atoms with Crippen molar-refractivity contribution in [2.45, 2.75) is 17.9 Å². The topological polar surface area (TPSA) is 88.2 Å². The van der Waals surface area contributed by atoms with Crippen molar-refractivity contribution in [3.8, 4) is 11.5 Å². The monoisotopic (exact) mass is 495 g/mol. The molecular formula is C26H29N3O5S. The normalized spacial score (nSPS) is 17.7. The molecule has 2 heterocycles. The Labute approximate surface area is 205 Å². The van der Waals surface area contributed by atoms with E-state index in [1.54, 1.807) is 12.1 Å². The third-order valence-electron chi connectivity index (χ3n) is 6.50. The molecule has 184 valence electrons. The molecule has 0 unspecified atom stereocenters. The molecule has 8 nitrogen and oxygen atoms in total. The van der Waals surface area contributed by atoms with Crippen LogP contribution in [0.15, 0.2) is 65.6 Å². The van der Waals surface area contributed by atoms with Gasteiger partial charge in [-0.15, -0.1) is 0 Å². The third-order valence-corrected chi connectivity index (χ3v) is 8.40. The number of amides is 1. The second-order valence-corrected chi connectivity index (χ2v) is 10.8. The first kappa shape index (κ1) is 23.6. The number of carbonyl (C=O) groups excluding carboxylic acids is 1. The lowest BCUT2D eigenvalue weighted by Crippen LogP contribution is -2.51. The number of hydrogen-bond acceptors (Lipinski definition) is 6. The van der Waals surface area contributed by atoms with E-state index in [0.717, 1.165) is 22.1 Å². The highest BCUT2D eigenvalue weighted by Gasteiger charge is 2.29. The number of ether oxygens (including phenoxy) is 2. The Morgan fingerprint density at radius 3 is 2.40 bits per heavy atom. The number of benzene rings is 3. The van der Waals surface area contributed by atoms with Gasteiger partial charge in [0, 0.05) is 26.2 Å². The zero-order valence-electron chi connectivity index (χ0n) is 19.6. The lowest BCUT2D eigenvalue weighted by molar-refractivity contribution is -0.123. The van der Waals surface area contributed by atoms with Crippen molar-refractivity contribution in [1.29, 1.82) is 0 Å². The molecule has 1 fully saturated rings. The summed E-state index contributed by atoms with van der Waals surface area (Å²) < 4.78 is 39.0. The van der Waals surface area contributed by atoms with E-state index in [0.29, 0.717) is 50.0 Å². The zero-order chi connectivity index (χ0) is 24.4. The first-order chi connectivity index (χ1) is 16.9. The summed E-state index contributed by atoms with van der Waals surface area (Å²) in [6.07, 6.45) is 0. The smallest absolute Gasteiger partial charge is 0.243 e. The van der Waals surface area contributed by atoms with Crippen molar-refractivity contribution in [3.63, 3.8) is 0 Å². The van der Waals surface area contributed by atoms with Gasteiger partial charge in [-0.05, 0) is 47.5 Å². The van der Waals surface area contributed by atoms with Gasteiger partial charge in [0.2, 0.25) is 15.9 Å². The fourth-order valence-electron chi connectivity index (χ4n) is 4.51. The Balaban J connectivity index is 1.15. The minimum absolute atomic E-state index is 0.0989. The van der Waals surface area contributed by atoms with Gasteiger partial charge < -0.3 is 14.8 Å². The highest BCUT2D eigenvalue weighted by molar-refractivity contribution is 7.89. The number of fused-ring (bicyclic) bond motifs is 2. The average molecular weight is 496 g/mol. The van der Waals surface area contributed by atoms with Gasteiger partial charge in [-0.3, -0.25) is 9.69 Å². The van der Waals surface area contributed by atoms with Crippen LogP contribution in [-0.4, -0.2) is 69.5 Å². The maximum Gasteiger partial charge on any atom is 0.243 e. The fraction of sp³-hybridized carbons (Fsp3) is 0.346. The van der Waals surface area contributed by atoms with E-state index in [9.17, 15) is 13.2 Å². The van der Waals surface area contributed by atoms with Crippen molar-refractivity contribution < 1.29 is 22.7 Å². The molecule has 3 aromatic carbocycles. The summed E-state index contributed by atoms with van der Waals surface area (Å²) in [6, 6.07) is 18.4. The van der Waals surface area contributed by atoms with Crippen LogP contribution in [0.25, 0.3) is 10.8 Å². The molecule has 1 atom stereocenters. The second kappa shape index (κ2) is 9.85. The predicted molar refractivity (Wildman–Crippen MR) is 133 cm³/mol. The molecular weight excluding hydrogens is 466 g/mol.